The van der Waals surface area contributed by atoms with Crippen molar-refractivity contribution in [3.05, 3.63) is 29.8 Å². The third-order valence-electron chi connectivity index (χ3n) is 2.61. The fourth-order valence-electron chi connectivity index (χ4n) is 1.51. The first kappa shape index (κ1) is 12.6. The number of hydrogen-bond acceptors (Lipinski definition) is 2. The van der Waals surface area contributed by atoms with E-state index in [4.69, 9.17) is 11.2 Å². The number of methoxy groups -OCH3 is 1. The monoisotopic (exact) mass is 217 g/mol. The van der Waals surface area contributed by atoms with E-state index in [9.17, 15) is 0 Å². The Morgan fingerprint density at radius 3 is 2.56 bits per heavy atom. The molecule has 0 saturated carbocycles. The van der Waals surface area contributed by atoms with Gasteiger partial charge in [-0.25, -0.2) is 0 Å². The number of nitrogens with one attached hydrogen (secondary N) is 1. The summed E-state index contributed by atoms with van der Waals surface area (Å²) in [7, 11) is 1.67. The Bertz CT molecular complexity index is 337. The van der Waals surface area contributed by atoms with Gasteiger partial charge in [0, 0.05) is 19.0 Å². The maximum Gasteiger partial charge on any atom is 0.118 e. The van der Waals surface area contributed by atoms with E-state index in [0.29, 0.717) is 6.04 Å². The first-order valence-corrected chi connectivity index (χ1v) is 5.60. The quantitative estimate of drug-likeness (QED) is 0.739. The van der Waals surface area contributed by atoms with E-state index in [0.717, 1.165) is 25.1 Å². The van der Waals surface area contributed by atoms with E-state index < -0.39 is 0 Å². The second-order valence-corrected chi connectivity index (χ2v) is 3.74. The number of terminal acetylenes is 1. The predicted octanol–water partition coefficient (Wildman–Crippen LogP) is 2.59. The first-order chi connectivity index (χ1) is 7.80. The summed E-state index contributed by atoms with van der Waals surface area (Å²) in [4.78, 5) is 0. The number of rotatable bonds is 6. The van der Waals surface area contributed by atoms with Gasteiger partial charge in [0.2, 0.25) is 0 Å². The molecule has 1 aromatic rings. The highest BCUT2D eigenvalue weighted by Gasteiger charge is 2.03. The average molecular weight is 217 g/mol. The number of ether oxygens (including phenoxy) is 1. The van der Waals surface area contributed by atoms with E-state index in [1.54, 1.807) is 7.11 Å². The highest BCUT2D eigenvalue weighted by Crippen LogP contribution is 2.11. The van der Waals surface area contributed by atoms with Gasteiger partial charge in [0.25, 0.3) is 0 Å². The van der Waals surface area contributed by atoms with E-state index >= 15 is 0 Å². The summed E-state index contributed by atoms with van der Waals surface area (Å²) in [6.45, 7) is 2.99. The lowest BCUT2D eigenvalue weighted by atomic mass is 10.1. The predicted molar refractivity (Wildman–Crippen MR) is 67.4 cm³/mol. The van der Waals surface area contributed by atoms with Crippen molar-refractivity contribution in [2.24, 2.45) is 0 Å². The van der Waals surface area contributed by atoms with Gasteiger partial charge >= 0.3 is 0 Å². The molecule has 0 aliphatic rings. The first-order valence-electron chi connectivity index (χ1n) is 5.60. The Kier molecular flexibility index (Phi) is 5.45. The second-order valence-electron chi connectivity index (χ2n) is 3.74. The molecule has 0 fully saturated rings. The standard InChI is InChI=1S/C14H19NO/c1-4-6-13(5-2)15-11-12-7-9-14(16-3)10-8-12/h1,7-10,13,15H,5-6,11H2,2-3H3. The van der Waals surface area contributed by atoms with Crippen LogP contribution in [0.2, 0.25) is 0 Å². The van der Waals surface area contributed by atoms with Crippen LogP contribution >= 0.6 is 0 Å². The van der Waals surface area contributed by atoms with Crippen LogP contribution in [-0.2, 0) is 6.54 Å². The molecule has 0 amide bonds. The SMILES string of the molecule is C#CCC(CC)NCc1ccc(OC)cc1. The topological polar surface area (TPSA) is 21.3 Å². The molecule has 1 atom stereocenters. The summed E-state index contributed by atoms with van der Waals surface area (Å²) in [5, 5.41) is 3.44. The molecule has 0 spiro atoms. The van der Waals surface area contributed by atoms with Gasteiger partial charge in [-0.1, -0.05) is 19.1 Å². The smallest absolute Gasteiger partial charge is 0.118 e. The highest BCUT2D eigenvalue weighted by molar-refractivity contribution is 5.27. The normalized spacial score (nSPS) is 11.8. The molecule has 16 heavy (non-hydrogen) atoms. The summed E-state index contributed by atoms with van der Waals surface area (Å²) in [6.07, 6.45) is 7.15. The molecule has 0 heterocycles. The molecule has 0 bridgehead atoms. The van der Waals surface area contributed by atoms with Crippen LogP contribution in [0.3, 0.4) is 0 Å². The molecule has 0 radical (unpaired) electrons. The molecule has 1 N–H and O–H groups in total. The molecule has 0 aromatic heterocycles. The van der Waals surface area contributed by atoms with Gasteiger partial charge in [0.15, 0.2) is 0 Å². The summed E-state index contributed by atoms with van der Waals surface area (Å²) in [5.74, 6) is 3.58. The van der Waals surface area contributed by atoms with Gasteiger partial charge in [0.1, 0.15) is 5.75 Å². The summed E-state index contributed by atoms with van der Waals surface area (Å²) >= 11 is 0. The van der Waals surface area contributed by atoms with Crippen LogP contribution in [0.5, 0.6) is 5.75 Å². The molecule has 0 saturated heterocycles. The van der Waals surface area contributed by atoms with Crippen molar-refractivity contribution in [3.63, 3.8) is 0 Å². The maximum atomic E-state index is 5.31. The number of benzene rings is 1. The fraction of sp³-hybridized carbons (Fsp3) is 0.429. The lowest BCUT2D eigenvalue weighted by molar-refractivity contribution is 0.414. The molecule has 0 aliphatic heterocycles. The molecule has 0 aliphatic carbocycles. The Hall–Kier alpha value is -1.46. The molecule has 1 rings (SSSR count). The Labute approximate surface area is 98.0 Å². The van der Waals surface area contributed by atoms with E-state index in [2.05, 4.69) is 30.3 Å². The third kappa shape index (κ3) is 3.96. The maximum absolute atomic E-state index is 5.31. The average Bonchev–Trinajstić information content (AvgIpc) is 2.35. The van der Waals surface area contributed by atoms with Gasteiger partial charge < -0.3 is 10.1 Å². The zero-order chi connectivity index (χ0) is 11.8. The Morgan fingerprint density at radius 2 is 2.06 bits per heavy atom. The third-order valence-corrected chi connectivity index (χ3v) is 2.61. The van der Waals surface area contributed by atoms with Crippen molar-refractivity contribution in [3.8, 4) is 18.1 Å². The van der Waals surface area contributed by atoms with Crippen molar-refractivity contribution in [1.29, 1.82) is 0 Å². The lowest BCUT2D eigenvalue weighted by Gasteiger charge is -2.14. The van der Waals surface area contributed by atoms with Gasteiger partial charge in [0.05, 0.1) is 7.11 Å². The Balaban J connectivity index is 2.44. The largest absolute Gasteiger partial charge is 0.497 e. The van der Waals surface area contributed by atoms with Gasteiger partial charge in [-0.3, -0.25) is 0 Å². The van der Waals surface area contributed by atoms with Crippen LogP contribution in [0.4, 0.5) is 0 Å². The summed E-state index contributed by atoms with van der Waals surface area (Å²) < 4.78 is 5.11. The van der Waals surface area contributed by atoms with E-state index in [1.165, 1.54) is 5.56 Å². The van der Waals surface area contributed by atoms with Crippen LogP contribution in [0.1, 0.15) is 25.3 Å². The van der Waals surface area contributed by atoms with Crippen molar-refractivity contribution in [2.75, 3.05) is 7.11 Å². The van der Waals surface area contributed by atoms with Crippen LogP contribution in [-0.4, -0.2) is 13.2 Å². The van der Waals surface area contributed by atoms with Crippen LogP contribution in [0.15, 0.2) is 24.3 Å². The van der Waals surface area contributed by atoms with Crippen molar-refractivity contribution < 1.29 is 4.74 Å². The molecule has 1 aromatic carbocycles. The van der Waals surface area contributed by atoms with Crippen LogP contribution in [0, 0.1) is 12.3 Å². The number of hydrogen-bond donors (Lipinski definition) is 1. The van der Waals surface area contributed by atoms with Crippen LogP contribution < -0.4 is 10.1 Å². The van der Waals surface area contributed by atoms with Crippen molar-refractivity contribution in [1.82, 2.24) is 5.32 Å². The molecule has 2 nitrogen and oxygen atoms in total. The highest BCUT2D eigenvalue weighted by atomic mass is 16.5. The van der Waals surface area contributed by atoms with Crippen molar-refractivity contribution >= 4 is 0 Å². The zero-order valence-electron chi connectivity index (χ0n) is 9.99. The molecular formula is C14H19NO. The minimum atomic E-state index is 0.409. The zero-order valence-corrected chi connectivity index (χ0v) is 9.99. The van der Waals surface area contributed by atoms with E-state index in [-0.39, 0.29) is 0 Å². The molecule has 2 heteroatoms. The molecular weight excluding hydrogens is 198 g/mol. The minimum absolute atomic E-state index is 0.409. The second kappa shape index (κ2) is 6.92. The van der Waals surface area contributed by atoms with Gasteiger partial charge in [-0.2, -0.15) is 0 Å². The van der Waals surface area contributed by atoms with Gasteiger partial charge in [-0.05, 0) is 24.1 Å². The lowest BCUT2D eigenvalue weighted by Crippen LogP contribution is -2.27. The van der Waals surface area contributed by atoms with Gasteiger partial charge in [-0.15, -0.1) is 12.3 Å². The summed E-state index contributed by atoms with van der Waals surface area (Å²) in [6, 6.07) is 8.48. The van der Waals surface area contributed by atoms with E-state index in [1.807, 2.05) is 12.1 Å². The molecule has 1 unspecified atom stereocenters. The van der Waals surface area contributed by atoms with Crippen LogP contribution in [0.25, 0.3) is 0 Å². The van der Waals surface area contributed by atoms with Crippen molar-refractivity contribution in [2.45, 2.75) is 32.4 Å². The Morgan fingerprint density at radius 1 is 1.38 bits per heavy atom. The molecule has 86 valence electrons. The summed E-state index contributed by atoms with van der Waals surface area (Å²) in [5.41, 5.74) is 1.25. The minimum Gasteiger partial charge on any atom is -0.497 e. The fourth-order valence-corrected chi connectivity index (χ4v) is 1.51.